The molecule has 0 spiro atoms. The molecule has 1 aromatic carbocycles. The van der Waals surface area contributed by atoms with Gasteiger partial charge in [-0.3, -0.25) is 9.59 Å². The van der Waals surface area contributed by atoms with Gasteiger partial charge in [0.25, 0.3) is 0 Å². The third-order valence-corrected chi connectivity index (χ3v) is 3.82. The molecular formula is C11H12N2O4S. The number of hydrogen-bond donors (Lipinski definition) is 2. The maximum atomic E-state index is 11.3. The minimum absolute atomic E-state index is 0.220. The van der Waals surface area contributed by atoms with E-state index in [1.807, 2.05) is 0 Å². The first-order chi connectivity index (χ1) is 8.38. The molecule has 1 aliphatic heterocycles. The average molecular weight is 268 g/mol. The molecule has 96 valence electrons. The third-order valence-electron chi connectivity index (χ3n) is 2.69. The quantitative estimate of drug-likeness (QED) is 0.699. The van der Waals surface area contributed by atoms with Gasteiger partial charge in [-0.2, -0.15) is 0 Å². The molecule has 1 fully saturated rings. The SMILES string of the molecule is CS(=O)(=O)c1ccc(C2CNC(=O)C(=O)N2)cc1. The number of carbonyl (C=O) groups excluding carboxylic acids is 2. The van der Waals surface area contributed by atoms with E-state index >= 15 is 0 Å². The normalized spacial score (nSPS) is 20.2. The first kappa shape index (κ1) is 12.6. The van der Waals surface area contributed by atoms with E-state index in [0.29, 0.717) is 6.54 Å². The Bertz CT molecular complexity index is 592. The lowest BCUT2D eigenvalue weighted by Gasteiger charge is -2.23. The Morgan fingerprint density at radius 1 is 1.11 bits per heavy atom. The molecule has 1 saturated heterocycles. The zero-order valence-electron chi connectivity index (χ0n) is 9.64. The molecule has 2 amide bonds. The molecule has 1 heterocycles. The van der Waals surface area contributed by atoms with Crippen LogP contribution >= 0.6 is 0 Å². The van der Waals surface area contributed by atoms with Crippen LogP contribution in [0.15, 0.2) is 29.2 Å². The molecular weight excluding hydrogens is 256 g/mol. The van der Waals surface area contributed by atoms with E-state index in [9.17, 15) is 18.0 Å². The van der Waals surface area contributed by atoms with Crippen molar-refractivity contribution in [1.82, 2.24) is 10.6 Å². The highest BCUT2D eigenvalue weighted by atomic mass is 32.2. The minimum atomic E-state index is -3.23. The van der Waals surface area contributed by atoms with Crippen LogP contribution in [0.1, 0.15) is 11.6 Å². The summed E-state index contributed by atoms with van der Waals surface area (Å²) < 4.78 is 22.6. The summed E-state index contributed by atoms with van der Waals surface area (Å²) in [7, 11) is -3.23. The fourth-order valence-corrected chi connectivity index (χ4v) is 2.33. The van der Waals surface area contributed by atoms with Crippen molar-refractivity contribution in [3.8, 4) is 0 Å². The molecule has 1 unspecified atom stereocenters. The Morgan fingerprint density at radius 3 is 2.22 bits per heavy atom. The predicted octanol–water partition coefficient (Wildman–Crippen LogP) is -0.623. The number of benzene rings is 1. The maximum absolute atomic E-state index is 11.3. The lowest BCUT2D eigenvalue weighted by molar-refractivity contribution is -0.141. The number of amides is 2. The summed E-state index contributed by atoms with van der Waals surface area (Å²) >= 11 is 0. The zero-order valence-corrected chi connectivity index (χ0v) is 10.5. The summed E-state index contributed by atoms with van der Waals surface area (Å²) in [5.41, 5.74) is 0.746. The largest absolute Gasteiger partial charge is 0.345 e. The predicted molar refractivity (Wildman–Crippen MR) is 63.4 cm³/mol. The average Bonchev–Trinajstić information content (AvgIpc) is 2.32. The van der Waals surface area contributed by atoms with E-state index in [2.05, 4.69) is 10.6 Å². The van der Waals surface area contributed by atoms with Gasteiger partial charge >= 0.3 is 11.8 Å². The summed E-state index contributed by atoms with van der Waals surface area (Å²) in [4.78, 5) is 22.4. The minimum Gasteiger partial charge on any atom is -0.345 e. The van der Waals surface area contributed by atoms with Crippen molar-refractivity contribution in [3.05, 3.63) is 29.8 Å². The van der Waals surface area contributed by atoms with Crippen LogP contribution in [0.3, 0.4) is 0 Å². The van der Waals surface area contributed by atoms with Gasteiger partial charge in [-0.15, -0.1) is 0 Å². The van der Waals surface area contributed by atoms with E-state index in [-0.39, 0.29) is 10.9 Å². The van der Waals surface area contributed by atoms with Crippen LogP contribution in [-0.4, -0.2) is 33.0 Å². The summed E-state index contributed by atoms with van der Waals surface area (Å²) in [5.74, 6) is -1.34. The van der Waals surface area contributed by atoms with Gasteiger partial charge in [0.1, 0.15) is 0 Å². The molecule has 2 rings (SSSR count). The lowest BCUT2D eigenvalue weighted by Crippen LogP contribution is -2.51. The van der Waals surface area contributed by atoms with Gasteiger partial charge in [-0.05, 0) is 17.7 Å². The van der Waals surface area contributed by atoms with Gasteiger partial charge in [0.15, 0.2) is 9.84 Å². The second kappa shape index (κ2) is 4.41. The van der Waals surface area contributed by atoms with Gasteiger partial charge in [-0.1, -0.05) is 12.1 Å². The van der Waals surface area contributed by atoms with Crippen LogP contribution in [0.5, 0.6) is 0 Å². The first-order valence-corrected chi connectivity index (χ1v) is 7.16. The smallest absolute Gasteiger partial charge is 0.309 e. The van der Waals surface area contributed by atoms with Crippen LogP contribution in [0.4, 0.5) is 0 Å². The van der Waals surface area contributed by atoms with Crippen molar-refractivity contribution in [2.24, 2.45) is 0 Å². The van der Waals surface area contributed by atoms with Crippen LogP contribution < -0.4 is 10.6 Å². The van der Waals surface area contributed by atoms with Crippen molar-refractivity contribution in [2.75, 3.05) is 12.8 Å². The van der Waals surface area contributed by atoms with E-state index in [1.165, 1.54) is 12.1 Å². The standard InChI is InChI=1S/C11H12N2O4S/c1-18(16,17)8-4-2-7(3-5-8)9-6-12-10(14)11(15)13-9/h2-5,9H,6H2,1H3,(H,12,14)(H,13,15). The van der Waals surface area contributed by atoms with Crippen LogP contribution in [0.2, 0.25) is 0 Å². The van der Waals surface area contributed by atoms with Gasteiger partial charge in [0, 0.05) is 12.8 Å². The second-order valence-corrected chi connectivity index (χ2v) is 6.09. The second-order valence-electron chi connectivity index (χ2n) is 4.08. The van der Waals surface area contributed by atoms with Crippen molar-refractivity contribution in [1.29, 1.82) is 0 Å². The topological polar surface area (TPSA) is 92.3 Å². The van der Waals surface area contributed by atoms with Gasteiger partial charge in [0.05, 0.1) is 10.9 Å². The Hall–Kier alpha value is -1.89. The molecule has 0 bridgehead atoms. The van der Waals surface area contributed by atoms with E-state index < -0.39 is 21.7 Å². The molecule has 0 radical (unpaired) electrons. The molecule has 7 heteroatoms. The Labute approximate surface area is 104 Å². The molecule has 1 aliphatic rings. The molecule has 18 heavy (non-hydrogen) atoms. The number of rotatable bonds is 2. The van der Waals surface area contributed by atoms with Crippen LogP contribution in [0, 0.1) is 0 Å². The maximum Gasteiger partial charge on any atom is 0.309 e. The number of sulfone groups is 1. The van der Waals surface area contributed by atoms with Gasteiger partial charge < -0.3 is 10.6 Å². The molecule has 1 atom stereocenters. The van der Waals surface area contributed by atoms with Crippen molar-refractivity contribution >= 4 is 21.7 Å². The summed E-state index contributed by atoms with van der Waals surface area (Å²) in [6, 6.07) is 5.88. The Balaban J connectivity index is 2.20. The van der Waals surface area contributed by atoms with Crippen molar-refractivity contribution in [3.63, 3.8) is 0 Å². The molecule has 0 aromatic heterocycles. The number of piperazine rings is 1. The van der Waals surface area contributed by atoms with Crippen LogP contribution in [0.25, 0.3) is 0 Å². The summed E-state index contributed by atoms with van der Waals surface area (Å²) in [6.07, 6.45) is 1.13. The lowest BCUT2D eigenvalue weighted by atomic mass is 10.1. The Kier molecular flexibility index (Phi) is 3.08. The number of hydrogen-bond acceptors (Lipinski definition) is 4. The summed E-state index contributed by atoms with van der Waals surface area (Å²) in [6.45, 7) is 0.294. The number of nitrogens with one attached hydrogen (secondary N) is 2. The molecule has 0 aliphatic carbocycles. The Morgan fingerprint density at radius 2 is 1.72 bits per heavy atom. The van der Waals surface area contributed by atoms with Crippen molar-refractivity contribution in [2.45, 2.75) is 10.9 Å². The monoisotopic (exact) mass is 268 g/mol. The molecule has 6 nitrogen and oxygen atoms in total. The van der Waals surface area contributed by atoms with Crippen LogP contribution in [-0.2, 0) is 19.4 Å². The molecule has 0 saturated carbocycles. The first-order valence-electron chi connectivity index (χ1n) is 5.26. The van der Waals surface area contributed by atoms with E-state index in [4.69, 9.17) is 0 Å². The highest BCUT2D eigenvalue weighted by Crippen LogP contribution is 2.17. The van der Waals surface area contributed by atoms with E-state index in [1.54, 1.807) is 12.1 Å². The van der Waals surface area contributed by atoms with Crippen molar-refractivity contribution < 1.29 is 18.0 Å². The summed E-state index contributed by atoms with van der Waals surface area (Å²) in [5, 5.41) is 5.00. The fourth-order valence-electron chi connectivity index (χ4n) is 1.70. The van der Waals surface area contributed by atoms with Gasteiger partial charge in [-0.25, -0.2) is 8.42 Å². The third kappa shape index (κ3) is 2.51. The highest BCUT2D eigenvalue weighted by Gasteiger charge is 2.25. The zero-order chi connectivity index (χ0) is 13.3. The molecule has 2 N–H and O–H groups in total. The highest BCUT2D eigenvalue weighted by molar-refractivity contribution is 7.90. The number of carbonyl (C=O) groups is 2. The molecule has 1 aromatic rings. The van der Waals surface area contributed by atoms with Gasteiger partial charge in [0.2, 0.25) is 0 Å². The van der Waals surface area contributed by atoms with E-state index in [0.717, 1.165) is 11.8 Å². The fraction of sp³-hybridized carbons (Fsp3) is 0.273.